The normalized spacial score (nSPS) is 24.6. The Bertz CT molecular complexity index is 250. The van der Waals surface area contributed by atoms with Crippen molar-refractivity contribution in [1.82, 2.24) is 10.0 Å². The van der Waals surface area contributed by atoms with Crippen LogP contribution in [-0.4, -0.2) is 23.6 Å². The third-order valence-corrected chi connectivity index (χ3v) is 2.09. The summed E-state index contributed by atoms with van der Waals surface area (Å²) in [4.78, 5) is 9.52. The summed E-state index contributed by atoms with van der Waals surface area (Å²) in [5.74, 6) is 0. The average molecular weight is 164 g/mol. The molecule has 1 unspecified atom stereocenters. The molecule has 0 radical (unpaired) electrons. The van der Waals surface area contributed by atoms with E-state index >= 15 is 0 Å². The van der Waals surface area contributed by atoms with Crippen LogP contribution >= 0.6 is 0 Å². The van der Waals surface area contributed by atoms with Gasteiger partial charge in [-0.05, 0) is 24.1 Å². The van der Waals surface area contributed by atoms with Crippen LogP contribution in [0.5, 0.6) is 0 Å². The zero-order valence-corrected chi connectivity index (χ0v) is 7.10. The highest BCUT2D eigenvalue weighted by molar-refractivity contribution is 5.13. The third kappa shape index (κ3) is 1.47. The van der Waals surface area contributed by atoms with Gasteiger partial charge in [0.15, 0.2) is 0 Å². The molecule has 2 heterocycles. The molecule has 3 heteroatoms. The van der Waals surface area contributed by atoms with Crippen molar-refractivity contribution in [3.8, 4) is 0 Å². The molecule has 0 saturated carbocycles. The van der Waals surface area contributed by atoms with E-state index in [4.69, 9.17) is 4.84 Å². The maximum Gasteiger partial charge on any atom is 0.106 e. The van der Waals surface area contributed by atoms with Crippen LogP contribution in [0.1, 0.15) is 18.1 Å². The Morgan fingerprint density at radius 3 is 2.83 bits per heavy atom. The second-order valence-electron chi connectivity index (χ2n) is 3.01. The molecular formula is C9H12N2O. The Morgan fingerprint density at radius 2 is 2.25 bits per heavy atom. The average Bonchev–Trinajstić information content (AvgIpc) is 2.54. The molecule has 0 aliphatic carbocycles. The smallest absolute Gasteiger partial charge is 0.106 e. The number of pyridine rings is 1. The van der Waals surface area contributed by atoms with E-state index in [9.17, 15) is 0 Å². The predicted molar refractivity (Wildman–Crippen MR) is 45.3 cm³/mol. The van der Waals surface area contributed by atoms with E-state index in [2.05, 4.69) is 4.98 Å². The molecule has 1 saturated heterocycles. The summed E-state index contributed by atoms with van der Waals surface area (Å²) in [7, 11) is 1.96. The third-order valence-electron chi connectivity index (χ3n) is 2.09. The van der Waals surface area contributed by atoms with Gasteiger partial charge in [-0.25, -0.2) is 0 Å². The van der Waals surface area contributed by atoms with Crippen molar-refractivity contribution in [2.75, 3.05) is 13.6 Å². The van der Waals surface area contributed by atoms with E-state index in [0.717, 1.165) is 13.0 Å². The van der Waals surface area contributed by atoms with Crippen LogP contribution < -0.4 is 0 Å². The van der Waals surface area contributed by atoms with Crippen LogP contribution in [-0.2, 0) is 4.84 Å². The second-order valence-corrected chi connectivity index (χ2v) is 3.01. The van der Waals surface area contributed by atoms with Gasteiger partial charge in [-0.3, -0.25) is 9.82 Å². The zero-order chi connectivity index (χ0) is 8.39. The van der Waals surface area contributed by atoms with Crippen molar-refractivity contribution < 1.29 is 4.84 Å². The molecule has 1 aliphatic heterocycles. The number of nitrogens with zero attached hydrogens (tertiary/aromatic N) is 2. The van der Waals surface area contributed by atoms with Gasteiger partial charge in [-0.15, -0.1) is 0 Å². The van der Waals surface area contributed by atoms with Gasteiger partial charge in [0.25, 0.3) is 0 Å². The summed E-state index contributed by atoms with van der Waals surface area (Å²) in [5.41, 5.74) is 1.22. The Balaban J connectivity index is 2.11. The van der Waals surface area contributed by atoms with Gasteiger partial charge in [0.2, 0.25) is 0 Å². The first-order chi connectivity index (χ1) is 5.86. The first kappa shape index (κ1) is 7.71. The predicted octanol–water partition coefficient (Wildman–Crippen LogP) is 1.39. The molecular weight excluding hydrogens is 152 g/mol. The quantitative estimate of drug-likeness (QED) is 0.627. The van der Waals surface area contributed by atoms with E-state index in [1.54, 1.807) is 12.4 Å². The van der Waals surface area contributed by atoms with E-state index in [1.807, 2.05) is 24.2 Å². The lowest BCUT2D eigenvalue weighted by Gasteiger charge is -2.10. The topological polar surface area (TPSA) is 25.4 Å². The van der Waals surface area contributed by atoms with E-state index in [-0.39, 0.29) is 6.10 Å². The monoisotopic (exact) mass is 164 g/mol. The molecule has 1 aromatic rings. The molecule has 1 aromatic heterocycles. The molecule has 12 heavy (non-hydrogen) atoms. The van der Waals surface area contributed by atoms with Crippen molar-refractivity contribution in [3.63, 3.8) is 0 Å². The van der Waals surface area contributed by atoms with Crippen LogP contribution in [0.2, 0.25) is 0 Å². The minimum atomic E-state index is 0.234. The number of hydroxylamine groups is 2. The fraction of sp³-hybridized carbons (Fsp3) is 0.444. The summed E-state index contributed by atoms with van der Waals surface area (Å²) in [6.45, 7) is 1.01. The molecule has 1 fully saturated rings. The van der Waals surface area contributed by atoms with Crippen LogP contribution in [0, 0.1) is 0 Å². The highest BCUT2D eigenvalue weighted by Crippen LogP contribution is 2.26. The SMILES string of the molecule is CN1CCC(c2ccncc2)O1. The largest absolute Gasteiger partial charge is 0.291 e. The van der Waals surface area contributed by atoms with Gasteiger partial charge in [-0.1, -0.05) is 0 Å². The number of rotatable bonds is 1. The van der Waals surface area contributed by atoms with Crippen molar-refractivity contribution in [2.24, 2.45) is 0 Å². The van der Waals surface area contributed by atoms with Gasteiger partial charge in [-0.2, -0.15) is 5.06 Å². The fourth-order valence-corrected chi connectivity index (χ4v) is 1.43. The van der Waals surface area contributed by atoms with Crippen LogP contribution in [0.15, 0.2) is 24.5 Å². The van der Waals surface area contributed by atoms with Gasteiger partial charge < -0.3 is 0 Å². The maximum absolute atomic E-state index is 5.55. The molecule has 2 rings (SSSR count). The summed E-state index contributed by atoms with van der Waals surface area (Å²) >= 11 is 0. The Kier molecular flexibility index (Phi) is 2.06. The first-order valence-electron chi connectivity index (χ1n) is 4.14. The minimum absolute atomic E-state index is 0.234. The number of aromatic nitrogens is 1. The van der Waals surface area contributed by atoms with Gasteiger partial charge in [0.1, 0.15) is 6.10 Å². The summed E-state index contributed by atoms with van der Waals surface area (Å²) < 4.78 is 0. The Labute approximate surface area is 71.9 Å². The van der Waals surface area contributed by atoms with Crippen molar-refractivity contribution in [1.29, 1.82) is 0 Å². The molecule has 0 amide bonds. The summed E-state index contributed by atoms with van der Waals surface area (Å²) in [5, 5.41) is 1.88. The molecule has 0 N–H and O–H groups in total. The Morgan fingerprint density at radius 1 is 1.50 bits per heavy atom. The van der Waals surface area contributed by atoms with Crippen LogP contribution in [0.3, 0.4) is 0 Å². The first-order valence-corrected chi connectivity index (χ1v) is 4.14. The van der Waals surface area contributed by atoms with Crippen LogP contribution in [0.25, 0.3) is 0 Å². The van der Waals surface area contributed by atoms with E-state index < -0.39 is 0 Å². The van der Waals surface area contributed by atoms with Gasteiger partial charge in [0, 0.05) is 26.0 Å². The fourth-order valence-electron chi connectivity index (χ4n) is 1.43. The van der Waals surface area contributed by atoms with Crippen molar-refractivity contribution in [2.45, 2.75) is 12.5 Å². The molecule has 64 valence electrons. The van der Waals surface area contributed by atoms with E-state index in [1.165, 1.54) is 5.56 Å². The number of hydrogen-bond donors (Lipinski definition) is 0. The zero-order valence-electron chi connectivity index (χ0n) is 7.10. The molecule has 0 spiro atoms. The summed E-state index contributed by atoms with van der Waals surface area (Å²) in [6, 6.07) is 4.01. The molecule has 0 aromatic carbocycles. The number of hydrogen-bond acceptors (Lipinski definition) is 3. The molecule has 1 aliphatic rings. The lowest BCUT2D eigenvalue weighted by molar-refractivity contribution is -0.128. The van der Waals surface area contributed by atoms with Gasteiger partial charge in [0.05, 0.1) is 0 Å². The molecule has 0 bridgehead atoms. The highest BCUT2D eigenvalue weighted by atomic mass is 16.7. The maximum atomic E-state index is 5.55. The van der Waals surface area contributed by atoms with Crippen molar-refractivity contribution in [3.05, 3.63) is 30.1 Å². The van der Waals surface area contributed by atoms with Crippen molar-refractivity contribution >= 4 is 0 Å². The lowest BCUT2D eigenvalue weighted by Crippen LogP contribution is -2.10. The second kappa shape index (κ2) is 3.21. The standard InChI is InChI=1S/C9H12N2O/c1-11-7-4-9(12-11)8-2-5-10-6-3-8/h2-3,5-6,9H,4,7H2,1H3. The highest BCUT2D eigenvalue weighted by Gasteiger charge is 2.21. The summed E-state index contributed by atoms with van der Waals surface area (Å²) in [6.07, 6.45) is 4.91. The molecule has 3 nitrogen and oxygen atoms in total. The van der Waals surface area contributed by atoms with Crippen LogP contribution in [0.4, 0.5) is 0 Å². The minimum Gasteiger partial charge on any atom is -0.291 e. The lowest BCUT2D eigenvalue weighted by atomic mass is 10.1. The molecule has 1 atom stereocenters. The Hall–Kier alpha value is -0.930. The van der Waals surface area contributed by atoms with Gasteiger partial charge >= 0.3 is 0 Å². The van der Waals surface area contributed by atoms with E-state index in [0.29, 0.717) is 0 Å².